The molecular weight excluding hydrogens is 228 g/mol. The van der Waals surface area contributed by atoms with Gasteiger partial charge in [-0.25, -0.2) is 0 Å². The molecule has 0 heterocycles. The van der Waals surface area contributed by atoms with Crippen LogP contribution in [0.4, 0.5) is 0 Å². The van der Waals surface area contributed by atoms with E-state index in [0.29, 0.717) is 0 Å². The molecule has 0 saturated heterocycles. The van der Waals surface area contributed by atoms with Crippen LogP contribution in [-0.4, -0.2) is 0 Å². The Kier molecular flexibility index (Phi) is 15.1. The Balaban J connectivity index is 3.19. The van der Waals surface area contributed by atoms with Crippen LogP contribution in [-0.2, 0) is 0 Å². The van der Waals surface area contributed by atoms with Gasteiger partial charge in [0.05, 0.1) is 0 Å². The average Bonchev–Trinajstić information content (AvgIpc) is 2.39. The maximum atomic E-state index is 2.32. The van der Waals surface area contributed by atoms with Crippen molar-refractivity contribution in [2.24, 2.45) is 5.92 Å². The van der Waals surface area contributed by atoms with Crippen LogP contribution in [0.25, 0.3) is 0 Å². The van der Waals surface area contributed by atoms with Gasteiger partial charge >= 0.3 is 0 Å². The van der Waals surface area contributed by atoms with E-state index < -0.39 is 0 Å². The van der Waals surface area contributed by atoms with E-state index in [2.05, 4.69) is 45.1 Å². The second-order valence-corrected chi connectivity index (χ2v) is 6.09. The Hall–Kier alpha value is -0.520. The maximum Gasteiger partial charge on any atom is -0.0348 e. The smallest absolute Gasteiger partial charge is 0.0348 e. The third kappa shape index (κ3) is 17.5. The van der Waals surface area contributed by atoms with Gasteiger partial charge in [-0.2, -0.15) is 0 Å². The topological polar surface area (TPSA) is 0 Å². The van der Waals surface area contributed by atoms with E-state index in [9.17, 15) is 0 Å². The highest BCUT2D eigenvalue weighted by molar-refractivity contribution is 5.02. The fourth-order valence-electron chi connectivity index (χ4n) is 2.21. The van der Waals surface area contributed by atoms with Crippen LogP contribution in [0, 0.1) is 5.92 Å². The fraction of sp³-hybridized carbons (Fsp3) is 0.789. The standard InChI is InChI=1S/C19H36/c1-4-5-6-7-8-9-10-11-12-13-14-15-16-17-18-19(2)3/h11-14,19H,4-10,15-18H2,1-3H3/b12-11-,14-13-. The van der Waals surface area contributed by atoms with Crippen molar-refractivity contribution in [2.45, 2.75) is 91.4 Å². The van der Waals surface area contributed by atoms with E-state index >= 15 is 0 Å². The molecular formula is C19H36. The summed E-state index contributed by atoms with van der Waals surface area (Å²) in [4.78, 5) is 0. The second-order valence-electron chi connectivity index (χ2n) is 6.09. The highest BCUT2D eigenvalue weighted by Crippen LogP contribution is 2.09. The van der Waals surface area contributed by atoms with Crippen LogP contribution in [0.3, 0.4) is 0 Å². The van der Waals surface area contributed by atoms with Gasteiger partial charge in [0, 0.05) is 0 Å². The lowest BCUT2D eigenvalue weighted by Crippen LogP contribution is -1.85. The molecule has 0 atom stereocenters. The van der Waals surface area contributed by atoms with E-state index in [1.807, 2.05) is 0 Å². The molecule has 0 radical (unpaired) electrons. The summed E-state index contributed by atoms with van der Waals surface area (Å²) in [5, 5.41) is 0. The minimum Gasteiger partial charge on any atom is -0.0845 e. The number of hydrogen-bond donors (Lipinski definition) is 0. The summed E-state index contributed by atoms with van der Waals surface area (Å²) in [6.07, 6.45) is 24.1. The Morgan fingerprint density at radius 3 is 1.79 bits per heavy atom. The quantitative estimate of drug-likeness (QED) is 0.246. The lowest BCUT2D eigenvalue weighted by atomic mass is 10.1. The molecule has 0 unspecified atom stereocenters. The van der Waals surface area contributed by atoms with Crippen LogP contribution in [0.5, 0.6) is 0 Å². The minimum atomic E-state index is 0.862. The van der Waals surface area contributed by atoms with Crippen LogP contribution >= 0.6 is 0 Å². The van der Waals surface area contributed by atoms with Gasteiger partial charge in [0.2, 0.25) is 0 Å². The molecule has 0 spiro atoms. The highest BCUT2D eigenvalue weighted by atomic mass is 14.0. The number of rotatable bonds is 13. The third-order valence-corrected chi connectivity index (χ3v) is 3.51. The SMILES string of the molecule is CCCCCCCC/C=C\C=C/CCCCC(C)C. The molecule has 0 aromatic rings. The summed E-state index contributed by atoms with van der Waals surface area (Å²) in [6.45, 7) is 6.89. The Bertz CT molecular complexity index is 210. The molecule has 0 aliphatic rings. The predicted molar refractivity (Wildman–Crippen MR) is 89.6 cm³/mol. The molecule has 0 N–H and O–H groups in total. The molecule has 0 aromatic carbocycles. The van der Waals surface area contributed by atoms with Gasteiger partial charge in [-0.15, -0.1) is 0 Å². The number of hydrogen-bond acceptors (Lipinski definition) is 0. The van der Waals surface area contributed by atoms with Crippen molar-refractivity contribution < 1.29 is 0 Å². The van der Waals surface area contributed by atoms with E-state index in [0.717, 1.165) is 5.92 Å². The monoisotopic (exact) mass is 264 g/mol. The molecule has 0 aromatic heterocycles. The predicted octanol–water partition coefficient (Wildman–Crippen LogP) is 7.07. The van der Waals surface area contributed by atoms with E-state index in [1.165, 1.54) is 70.6 Å². The van der Waals surface area contributed by atoms with Crippen LogP contribution < -0.4 is 0 Å². The van der Waals surface area contributed by atoms with Crippen molar-refractivity contribution in [3.63, 3.8) is 0 Å². The van der Waals surface area contributed by atoms with Gasteiger partial charge in [-0.1, -0.05) is 90.0 Å². The van der Waals surface area contributed by atoms with Gasteiger partial charge in [0.15, 0.2) is 0 Å². The summed E-state index contributed by atoms with van der Waals surface area (Å²) < 4.78 is 0. The second kappa shape index (κ2) is 15.5. The summed E-state index contributed by atoms with van der Waals surface area (Å²) >= 11 is 0. The normalized spacial score (nSPS) is 12.2. The zero-order chi connectivity index (χ0) is 14.2. The Morgan fingerprint density at radius 2 is 1.21 bits per heavy atom. The minimum absolute atomic E-state index is 0.862. The summed E-state index contributed by atoms with van der Waals surface area (Å²) in [5.41, 5.74) is 0. The first kappa shape index (κ1) is 18.5. The van der Waals surface area contributed by atoms with Crippen molar-refractivity contribution in [3.05, 3.63) is 24.3 Å². The zero-order valence-electron chi connectivity index (χ0n) is 13.7. The first-order chi connectivity index (χ1) is 9.27. The van der Waals surface area contributed by atoms with Gasteiger partial charge < -0.3 is 0 Å². The number of unbranched alkanes of at least 4 members (excludes halogenated alkanes) is 8. The van der Waals surface area contributed by atoms with Crippen molar-refractivity contribution in [3.8, 4) is 0 Å². The van der Waals surface area contributed by atoms with Crippen LogP contribution in [0.2, 0.25) is 0 Å². The zero-order valence-corrected chi connectivity index (χ0v) is 13.7. The third-order valence-electron chi connectivity index (χ3n) is 3.51. The lowest BCUT2D eigenvalue weighted by molar-refractivity contribution is 0.540. The Morgan fingerprint density at radius 1 is 0.684 bits per heavy atom. The molecule has 0 heteroatoms. The van der Waals surface area contributed by atoms with E-state index in [4.69, 9.17) is 0 Å². The van der Waals surface area contributed by atoms with Crippen LogP contribution in [0.15, 0.2) is 24.3 Å². The molecule has 0 aliphatic heterocycles. The first-order valence-corrected chi connectivity index (χ1v) is 8.59. The molecule has 19 heavy (non-hydrogen) atoms. The van der Waals surface area contributed by atoms with Gasteiger partial charge in [0.1, 0.15) is 0 Å². The molecule has 112 valence electrons. The summed E-state index contributed by atoms with van der Waals surface area (Å²) in [5.74, 6) is 0.862. The highest BCUT2D eigenvalue weighted by Gasteiger charge is 1.91. The van der Waals surface area contributed by atoms with E-state index in [-0.39, 0.29) is 0 Å². The molecule has 0 rings (SSSR count). The fourth-order valence-corrected chi connectivity index (χ4v) is 2.21. The molecule has 0 saturated carbocycles. The van der Waals surface area contributed by atoms with Gasteiger partial charge in [-0.3, -0.25) is 0 Å². The van der Waals surface area contributed by atoms with Crippen molar-refractivity contribution in [1.29, 1.82) is 0 Å². The molecule has 0 amide bonds. The first-order valence-electron chi connectivity index (χ1n) is 8.59. The van der Waals surface area contributed by atoms with E-state index in [1.54, 1.807) is 0 Å². The summed E-state index contributed by atoms with van der Waals surface area (Å²) in [6, 6.07) is 0. The molecule has 0 aliphatic carbocycles. The van der Waals surface area contributed by atoms with Crippen molar-refractivity contribution in [2.75, 3.05) is 0 Å². The number of allylic oxidation sites excluding steroid dienone is 4. The maximum absolute atomic E-state index is 2.32. The lowest BCUT2D eigenvalue weighted by Gasteiger charge is -2.01. The largest absolute Gasteiger partial charge is 0.0845 e. The average molecular weight is 264 g/mol. The summed E-state index contributed by atoms with van der Waals surface area (Å²) in [7, 11) is 0. The van der Waals surface area contributed by atoms with Crippen molar-refractivity contribution >= 4 is 0 Å². The van der Waals surface area contributed by atoms with Gasteiger partial charge in [0.25, 0.3) is 0 Å². The molecule has 0 bridgehead atoms. The molecule has 0 nitrogen and oxygen atoms in total. The Labute approximate surface area is 122 Å². The van der Waals surface area contributed by atoms with Crippen molar-refractivity contribution in [1.82, 2.24) is 0 Å². The van der Waals surface area contributed by atoms with Gasteiger partial charge in [-0.05, 0) is 31.6 Å². The molecule has 0 fully saturated rings. The van der Waals surface area contributed by atoms with Crippen LogP contribution in [0.1, 0.15) is 91.4 Å².